The van der Waals surface area contributed by atoms with Gasteiger partial charge in [-0.1, -0.05) is 54.1 Å². The molecule has 0 unspecified atom stereocenters. The van der Waals surface area contributed by atoms with Crippen molar-refractivity contribution in [1.29, 1.82) is 0 Å². The van der Waals surface area contributed by atoms with Crippen LogP contribution in [0, 0.1) is 0 Å². The predicted molar refractivity (Wildman–Crippen MR) is 90.7 cm³/mol. The van der Waals surface area contributed by atoms with Crippen molar-refractivity contribution in [3.8, 4) is 0 Å². The van der Waals surface area contributed by atoms with Crippen molar-refractivity contribution in [3.63, 3.8) is 0 Å². The smallest absolute Gasteiger partial charge is 0.156 e. The number of rotatable bonds is 1. The third-order valence-electron chi connectivity index (χ3n) is 3.58. The van der Waals surface area contributed by atoms with Crippen LogP contribution in [0.5, 0.6) is 0 Å². The van der Waals surface area contributed by atoms with Crippen molar-refractivity contribution in [2.75, 3.05) is 5.32 Å². The minimum absolute atomic E-state index is 0.652. The van der Waals surface area contributed by atoms with E-state index in [2.05, 4.69) is 10.3 Å². The fraction of sp³-hybridized carbons (Fsp3) is 0. The average molecular weight is 306 g/mol. The summed E-state index contributed by atoms with van der Waals surface area (Å²) in [5.41, 5.74) is 4.54. The van der Waals surface area contributed by atoms with Crippen molar-refractivity contribution in [2.45, 2.75) is 0 Å². The molecule has 1 N–H and O–H groups in total. The summed E-state index contributed by atoms with van der Waals surface area (Å²) < 4.78 is 0. The molecule has 0 bridgehead atoms. The van der Waals surface area contributed by atoms with Gasteiger partial charge in [-0.25, -0.2) is 9.98 Å². The lowest BCUT2D eigenvalue weighted by atomic mass is 10.0. The van der Waals surface area contributed by atoms with Gasteiger partial charge in [0.25, 0.3) is 0 Å². The van der Waals surface area contributed by atoms with E-state index in [-0.39, 0.29) is 0 Å². The summed E-state index contributed by atoms with van der Waals surface area (Å²) in [5.74, 6) is 0.711. The summed E-state index contributed by atoms with van der Waals surface area (Å²) in [6.45, 7) is 0. The van der Waals surface area contributed by atoms with E-state index in [4.69, 9.17) is 16.6 Å². The van der Waals surface area contributed by atoms with Crippen molar-refractivity contribution >= 4 is 34.5 Å². The summed E-state index contributed by atoms with van der Waals surface area (Å²) in [6.07, 6.45) is 1.74. The second-order valence-corrected chi connectivity index (χ2v) is 5.39. The summed E-state index contributed by atoms with van der Waals surface area (Å²) in [6, 6.07) is 19.7. The van der Waals surface area contributed by atoms with Gasteiger partial charge in [0.05, 0.1) is 16.4 Å². The number of anilines is 2. The second-order valence-electron chi connectivity index (χ2n) is 4.98. The van der Waals surface area contributed by atoms with Gasteiger partial charge in [0, 0.05) is 17.3 Å². The zero-order chi connectivity index (χ0) is 14.9. The lowest BCUT2D eigenvalue weighted by Crippen LogP contribution is -2.05. The maximum Gasteiger partial charge on any atom is 0.156 e. The molecule has 3 nitrogen and oxygen atoms in total. The minimum Gasteiger partial charge on any atom is -0.337 e. The van der Waals surface area contributed by atoms with Crippen LogP contribution >= 0.6 is 11.6 Å². The zero-order valence-electron chi connectivity index (χ0n) is 11.6. The largest absolute Gasteiger partial charge is 0.337 e. The monoisotopic (exact) mass is 305 g/mol. The number of hydrogen-bond donors (Lipinski definition) is 1. The molecule has 1 aliphatic rings. The van der Waals surface area contributed by atoms with E-state index < -0.39 is 0 Å². The van der Waals surface area contributed by atoms with Gasteiger partial charge < -0.3 is 5.32 Å². The molecule has 0 amide bonds. The zero-order valence-corrected chi connectivity index (χ0v) is 12.4. The van der Waals surface area contributed by atoms with Crippen molar-refractivity contribution in [2.24, 2.45) is 4.99 Å². The van der Waals surface area contributed by atoms with Crippen molar-refractivity contribution < 1.29 is 0 Å². The highest BCUT2D eigenvalue weighted by Crippen LogP contribution is 2.37. The van der Waals surface area contributed by atoms with Crippen LogP contribution in [0.4, 0.5) is 17.2 Å². The van der Waals surface area contributed by atoms with Gasteiger partial charge in [0.1, 0.15) is 5.69 Å². The first-order valence-corrected chi connectivity index (χ1v) is 7.36. The summed E-state index contributed by atoms with van der Waals surface area (Å²) >= 11 is 6.39. The Balaban J connectivity index is 2.03. The minimum atomic E-state index is 0.652. The highest BCUT2D eigenvalue weighted by atomic mass is 35.5. The molecular formula is C18H12ClN3. The molecular weight excluding hydrogens is 294 g/mol. The molecule has 4 rings (SSSR count). The maximum atomic E-state index is 6.39. The number of aromatic nitrogens is 1. The van der Waals surface area contributed by atoms with E-state index in [1.54, 1.807) is 6.20 Å². The van der Waals surface area contributed by atoms with Gasteiger partial charge in [-0.05, 0) is 18.2 Å². The van der Waals surface area contributed by atoms with E-state index in [1.807, 2.05) is 60.7 Å². The first-order chi connectivity index (χ1) is 10.8. The Hall–Kier alpha value is -2.65. The molecule has 1 aliphatic heterocycles. The number of pyridine rings is 1. The SMILES string of the molecule is Clc1cccc2c1Nc1ncccc1N=C2c1ccccc1. The maximum absolute atomic E-state index is 6.39. The Morgan fingerprint density at radius 3 is 2.59 bits per heavy atom. The standard InChI is InChI=1S/C18H12ClN3/c19-14-9-4-8-13-16(12-6-2-1-3-7-12)21-15-10-5-11-20-18(15)22-17(13)14/h1-11H,(H,20,22). The molecule has 0 saturated carbocycles. The molecule has 0 radical (unpaired) electrons. The van der Waals surface area contributed by atoms with E-state index in [0.29, 0.717) is 10.8 Å². The molecule has 0 saturated heterocycles. The van der Waals surface area contributed by atoms with E-state index in [0.717, 1.165) is 28.2 Å². The normalized spacial score (nSPS) is 12.5. The molecule has 0 atom stereocenters. The van der Waals surface area contributed by atoms with Gasteiger partial charge >= 0.3 is 0 Å². The predicted octanol–water partition coefficient (Wildman–Crippen LogP) is 4.96. The Bertz CT molecular complexity index is 873. The van der Waals surface area contributed by atoms with Crippen LogP contribution in [0.25, 0.3) is 0 Å². The van der Waals surface area contributed by atoms with Crippen LogP contribution < -0.4 is 5.32 Å². The average Bonchev–Trinajstić information content (AvgIpc) is 2.73. The van der Waals surface area contributed by atoms with Crippen molar-refractivity contribution in [1.82, 2.24) is 4.98 Å². The molecule has 22 heavy (non-hydrogen) atoms. The van der Waals surface area contributed by atoms with Gasteiger partial charge in [-0.15, -0.1) is 0 Å². The van der Waals surface area contributed by atoms with Crippen LogP contribution in [0.2, 0.25) is 5.02 Å². The van der Waals surface area contributed by atoms with Crippen LogP contribution in [-0.4, -0.2) is 10.7 Å². The number of aliphatic imine (C=N–C) groups is 1. The third kappa shape index (κ3) is 2.16. The molecule has 0 spiro atoms. The topological polar surface area (TPSA) is 37.3 Å². The molecule has 1 aromatic heterocycles. The van der Waals surface area contributed by atoms with Crippen molar-refractivity contribution in [3.05, 3.63) is 83.0 Å². The van der Waals surface area contributed by atoms with Crippen LogP contribution in [0.3, 0.4) is 0 Å². The lowest BCUT2D eigenvalue weighted by Gasteiger charge is -2.12. The molecule has 106 valence electrons. The summed E-state index contributed by atoms with van der Waals surface area (Å²) in [4.78, 5) is 9.20. The fourth-order valence-electron chi connectivity index (χ4n) is 2.55. The first kappa shape index (κ1) is 13.0. The molecule has 4 heteroatoms. The lowest BCUT2D eigenvalue weighted by molar-refractivity contribution is 1.30. The highest BCUT2D eigenvalue weighted by Gasteiger charge is 2.19. The number of hydrogen-bond acceptors (Lipinski definition) is 3. The van der Waals surface area contributed by atoms with E-state index in [9.17, 15) is 0 Å². The van der Waals surface area contributed by atoms with E-state index >= 15 is 0 Å². The molecule has 0 aliphatic carbocycles. The number of para-hydroxylation sites is 1. The molecule has 2 aromatic carbocycles. The van der Waals surface area contributed by atoms with Gasteiger partial charge in [0.2, 0.25) is 0 Å². The Morgan fingerprint density at radius 1 is 0.864 bits per heavy atom. The third-order valence-corrected chi connectivity index (χ3v) is 3.89. The Labute approximate surface area is 133 Å². The van der Waals surface area contributed by atoms with Gasteiger partial charge in [0.15, 0.2) is 5.82 Å². The fourth-order valence-corrected chi connectivity index (χ4v) is 2.77. The summed E-state index contributed by atoms with van der Waals surface area (Å²) in [5, 5.41) is 3.97. The Morgan fingerprint density at radius 2 is 1.73 bits per heavy atom. The molecule has 2 heterocycles. The van der Waals surface area contributed by atoms with Crippen LogP contribution in [0.1, 0.15) is 11.1 Å². The molecule has 3 aromatic rings. The van der Waals surface area contributed by atoms with Crippen LogP contribution in [-0.2, 0) is 0 Å². The molecule has 0 fully saturated rings. The number of halogens is 1. The number of nitrogens with zero attached hydrogens (tertiary/aromatic N) is 2. The van der Waals surface area contributed by atoms with Gasteiger partial charge in [-0.3, -0.25) is 0 Å². The summed E-state index contributed by atoms with van der Waals surface area (Å²) in [7, 11) is 0. The first-order valence-electron chi connectivity index (χ1n) is 6.98. The number of benzene rings is 2. The number of fused-ring (bicyclic) bond motifs is 2. The highest BCUT2D eigenvalue weighted by molar-refractivity contribution is 6.35. The van der Waals surface area contributed by atoms with Crippen LogP contribution in [0.15, 0.2) is 71.9 Å². The van der Waals surface area contributed by atoms with E-state index in [1.165, 1.54) is 0 Å². The van der Waals surface area contributed by atoms with Gasteiger partial charge in [-0.2, -0.15) is 0 Å². The second kappa shape index (κ2) is 5.28. The Kier molecular flexibility index (Phi) is 3.13. The number of nitrogens with one attached hydrogen (secondary N) is 1. The quantitative estimate of drug-likeness (QED) is 0.539.